The first-order valence-corrected chi connectivity index (χ1v) is 7.53. The van der Waals surface area contributed by atoms with Crippen molar-refractivity contribution in [1.82, 2.24) is 24.5 Å². The third-order valence-electron chi connectivity index (χ3n) is 3.65. The van der Waals surface area contributed by atoms with E-state index >= 15 is 0 Å². The van der Waals surface area contributed by atoms with Gasteiger partial charge in [-0.1, -0.05) is 20.8 Å². The molecule has 2 rings (SSSR count). The van der Waals surface area contributed by atoms with E-state index in [9.17, 15) is 4.79 Å². The monoisotopic (exact) mass is 307 g/mol. The lowest BCUT2D eigenvalue weighted by Crippen LogP contribution is -2.24. The molecule has 0 saturated carbocycles. The summed E-state index contributed by atoms with van der Waals surface area (Å²) in [5.41, 5.74) is 1.22. The molecule has 0 aromatic carbocycles. The Hall–Kier alpha value is -1.76. The van der Waals surface area contributed by atoms with E-state index in [2.05, 4.69) is 29.1 Å². The minimum absolute atomic E-state index is 0.169. The van der Waals surface area contributed by atoms with Crippen molar-refractivity contribution >= 4 is 12.2 Å². The molecule has 2 aromatic rings. The lowest BCUT2D eigenvalue weighted by molar-refractivity contribution is 0.527. The van der Waals surface area contributed by atoms with Gasteiger partial charge in [-0.3, -0.25) is 14.5 Å². The Labute approximate surface area is 128 Å². The number of nitrogens with zero attached hydrogens (tertiary/aromatic N) is 4. The number of nitrogens with one attached hydrogen (secondary N) is 1. The van der Waals surface area contributed by atoms with Crippen molar-refractivity contribution in [1.29, 1.82) is 0 Å². The van der Waals surface area contributed by atoms with E-state index in [0.717, 1.165) is 12.1 Å². The summed E-state index contributed by atoms with van der Waals surface area (Å²) in [6, 6.07) is 1.99. The molecule has 21 heavy (non-hydrogen) atoms. The molecule has 0 aliphatic rings. The molecule has 114 valence electrons. The van der Waals surface area contributed by atoms with Gasteiger partial charge in [-0.2, -0.15) is 10.2 Å². The number of aromatic amines is 1. The number of H-pyrrole nitrogens is 1. The first-order valence-electron chi connectivity index (χ1n) is 7.12. The van der Waals surface area contributed by atoms with Crippen molar-refractivity contribution in [3.8, 4) is 11.4 Å². The molecule has 0 spiro atoms. The highest BCUT2D eigenvalue weighted by Crippen LogP contribution is 2.22. The fourth-order valence-corrected chi connectivity index (χ4v) is 2.47. The second-order valence-corrected chi connectivity index (χ2v) is 5.93. The third kappa shape index (κ3) is 2.83. The summed E-state index contributed by atoms with van der Waals surface area (Å²) < 4.78 is 3.80. The number of hydrogen-bond donors (Lipinski definition) is 1. The van der Waals surface area contributed by atoms with Crippen molar-refractivity contribution < 1.29 is 0 Å². The van der Waals surface area contributed by atoms with Gasteiger partial charge in [-0.25, -0.2) is 4.68 Å². The van der Waals surface area contributed by atoms with Crippen LogP contribution in [0.3, 0.4) is 0 Å². The maximum atomic E-state index is 12.4. The molecule has 1 unspecified atom stereocenters. The summed E-state index contributed by atoms with van der Waals surface area (Å²) >= 11 is 5.30. The molecule has 0 aliphatic heterocycles. The van der Waals surface area contributed by atoms with Crippen molar-refractivity contribution in [3.63, 3.8) is 0 Å². The van der Waals surface area contributed by atoms with Crippen LogP contribution in [0.25, 0.3) is 11.4 Å². The number of aryl methyl sites for hydroxylation is 1. The zero-order chi connectivity index (χ0) is 15.7. The van der Waals surface area contributed by atoms with Gasteiger partial charge in [0.15, 0.2) is 10.6 Å². The van der Waals surface area contributed by atoms with Crippen LogP contribution >= 0.6 is 12.2 Å². The van der Waals surface area contributed by atoms with Gasteiger partial charge >= 0.3 is 0 Å². The highest BCUT2D eigenvalue weighted by molar-refractivity contribution is 7.71. The Balaban J connectivity index is 2.73. The summed E-state index contributed by atoms with van der Waals surface area (Å²) in [7, 11) is 1.66. The zero-order valence-corrected chi connectivity index (χ0v) is 13.9. The molecule has 6 nitrogen and oxygen atoms in total. The van der Waals surface area contributed by atoms with Gasteiger partial charge in [-0.05, 0) is 37.5 Å². The van der Waals surface area contributed by atoms with E-state index in [1.54, 1.807) is 7.05 Å². The Morgan fingerprint density at radius 2 is 2.05 bits per heavy atom. The fraction of sp³-hybridized carbons (Fsp3) is 0.571. The maximum Gasteiger partial charge on any atom is 0.277 e. The Bertz CT molecular complexity index is 755. The van der Waals surface area contributed by atoms with Crippen LogP contribution in [0.2, 0.25) is 0 Å². The smallest absolute Gasteiger partial charge is 0.277 e. The van der Waals surface area contributed by atoms with Crippen molar-refractivity contribution in [3.05, 3.63) is 26.9 Å². The standard InChI is InChI=1S/C14H21N5OS/c1-6-9(4)19-12(15-16-14(19)21)10-7-11(8(2)3)17-18(5)13(10)20/h7-9H,6H2,1-5H3,(H,16,21). The average molecular weight is 307 g/mol. The van der Waals surface area contributed by atoms with Crippen LogP contribution < -0.4 is 5.56 Å². The molecule has 1 N–H and O–H groups in total. The summed E-state index contributed by atoms with van der Waals surface area (Å²) in [5, 5.41) is 11.3. The predicted octanol–water partition coefficient (Wildman–Crippen LogP) is 2.80. The second-order valence-electron chi connectivity index (χ2n) is 5.55. The van der Waals surface area contributed by atoms with Crippen molar-refractivity contribution in [2.45, 2.75) is 46.1 Å². The predicted molar refractivity (Wildman–Crippen MR) is 85.0 cm³/mol. The van der Waals surface area contributed by atoms with E-state index in [4.69, 9.17) is 12.2 Å². The van der Waals surface area contributed by atoms with Crippen LogP contribution in [-0.2, 0) is 7.05 Å². The van der Waals surface area contributed by atoms with Crippen molar-refractivity contribution in [2.24, 2.45) is 7.05 Å². The minimum atomic E-state index is -0.169. The van der Waals surface area contributed by atoms with Gasteiger partial charge in [0.2, 0.25) is 0 Å². The van der Waals surface area contributed by atoms with Crippen LogP contribution in [0.4, 0.5) is 0 Å². The molecule has 0 amide bonds. The minimum Gasteiger partial charge on any atom is -0.297 e. The molecule has 7 heteroatoms. The highest BCUT2D eigenvalue weighted by atomic mass is 32.1. The van der Waals surface area contributed by atoms with E-state index < -0.39 is 0 Å². The molecule has 0 bridgehead atoms. The van der Waals surface area contributed by atoms with Gasteiger partial charge in [0, 0.05) is 13.1 Å². The Morgan fingerprint density at radius 3 is 2.62 bits per heavy atom. The van der Waals surface area contributed by atoms with Crippen LogP contribution in [0.15, 0.2) is 10.9 Å². The lowest BCUT2D eigenvalue weighted by atomic mass is 10.1. The molecule has 0 saturated heterocycles. The highest BCUT2D eigenvalue weighted by Gasteiger charge is 2.18. The van der Waals surface area contributed by atoms with E-state index in [1.165, 1.54) is 4.68 Å². The van der Waals surface area contributed by atoms with Crippen LogP contribution in [0.1, 0.15) is 51.8 Å². The topological polar surface area (TPSA) is 68.5 Å². The first-order chi connectivity index (χ1) is 9.86. The van der Waals surface area contributed by atoms with Crippen LogP contribution in [0, 0.1) is 4.77 Å². The van der Waals surface area contributed by atoms with Gasteiger partial charge in [0.25, 0.3) is 5.56 Å². The van der Waals surface area contributed by atoms with Gasteiger partial charge in [0.1, 0.15) is 0 Å². The molecule has 0 radical (unpaired) electrons. The maximum absolute atomic E-state index is 12.4. The van der Waals surface area contributed by atoms with E-state index in [-0.39, 0.29) is 17.5 Å². The van der Waals surface area contributed by atoms with E-state index in [1.807, 2.05) is 24.5 Å². The summed E-state index contributed by atoms with van der Waals surface area (Å²) in [4.78, 5) is 12.4. The molecule has 0 fully saturated rings. The number of aromatic nitrogens is 5. The first kappa shape index (κ1) is 15.6. The fourth-order valence-electron chi connectivity index (χ4n) is 2.16. The van der Waals surface area contributed by atoms with Crippen LogP contribution in [0.5, 0.6) is 0 Å². The molecule has 2 heterocycles. The van der Waals surface area contributed by atoms with Gasteiger partial charge in [0.05, 0.1) is 11.3 Å². The Kier molecular flexibility index (Phi) is 4.41. The lowest BCUT2D eigenvalue weighted by Gasteiger charge is -2.14. The Morgan fingerprint density at radius 1 is 1.38 bits per heavy atom. The van der Waals surface area contributed by atoms with Gasteiger partial charge in [-0.15, -0.1) is 0 Å². The SMILES string of the molecule is CCC(C)n1c(-c2cc(C(C)C)nn(C)c2=O)n[nH]c1=S. The molecular weight excluding hydrogens is 286 g/mol. The average Bonchev–Trinajstić information content (AvgIpc) is 2.82. The number of hydrogen-bond acceptors (Lipinski definition) is 4. The second kappa shape index (κ2) is 5.93. The molecule has 0 aliphatic carbocycles. The molecule has 2 aromatic heterocycles. The van der Waals surface area contributed by atoms with Crippen LogP contribution in [-0.4, -0.2) is 24.5 Å². The summed E-state index contributed by atoms with van der Waals surface area (Å²) in [6.07, 6.45) is 0.906. The van der Waals surface area contributed by atoms with Gasteiger partial charge < -0.3 is 0 Å². The normalized spacial score (nSPS) is 12.9. The zero-order valence-electron chi connectivity index (χ0n) is 13.0. The third-order valence-corrected chi connectivity index (χ3v) is 3.94. The van der Waals surface area contributed by atoms with E-state index in [0.29, 0.717) is 16.2 Å². The largest absolute Gasteiger partial charge is 0.297 e. The molecule has 1 atom stereocenters. The van der Waals surface area contributed by atoms with Crippen molar-refractivity contribution in [2.75, 3.05) is 0 Å². The number of rotatable bonds is 4. The summed E-state index contributed by atoms with van der Waals surface area (Å²) in [6.45, 7) is 8.22. The summed E-state index contributed by atoms with van der Waals surface area (Å²) in [5.74, 6) is 0.814. The molecular formula is C14H21N5OS. The quantitative estimate of drug-likeness (QED) is 0.882.